The lowest BCUT2D eigenvalue weighted by Gasteiger charge is -2.15. The summed E-state index contributed by atoms with van der Waals surface area (Å²) >= 11 is 0. The van der Waals surface area contributed by atoms with E-state index < -0.39 is 23.4 Å². The SMILES string of the molecule is CCOC(=O)[C@@H](C(C)=O)n1cnc2c(cnn2-c2cccc(C)c2C)c1=O. The Morgan fingerprint density at radius 2 is 2.00 bits per heavy atom. The molecule has 27 heavy (non-hydrogen) atoms. The summed E-state index contributed by atoms with van der Waals surface area (Å²) in [6.45, 7) is 6.93. The molecule has 2 aromatic heterocycles. The van der Waals surface area contributed by atoms with Crippen molar-refractivity contribution in [3.8, 4) is 5.69 Å². The fourth-order valence-corrected chi connectivity index (χ4v) is 2.95. The van der Waals surface area contributed by atoms with Crippen molar-refractivity contribution in [2.24, 2.45) is 0 Å². The zero-order valence-electron chi connectivity index (χ0n) is 15.6. The van der Waals surface area contributed by atoms with Crippen LogP contribution in [0.5, 0.6) is 0 Å². The van der Waals surface area contributed by atoms with Crippen LogP contribution in [0.2, 0.25) is 0 Å². The monoisotopic (exact) mass is 368 g/mol. The van der Waals surface area contributed by atoms with Gasteiger partial charge in [0.2, 0.25) is 0 Å². The number of esters is 1. The Balaban J connectivity index is 2.18. The molecular weight excluding hydrogens is 348 g/mol. The highest BCUT2D eigenvalue weighted by Crippen LogP contribution is 2.20. The van der Waals surface area contributed by atoms with Crippen LogP contribution < -0.4 is 5.56 Å². The maximum atomic E-state index is 12.9. The number of ether oxygens (including phenoxy) is 1. The van der Waals surface area contributed by atoms with Gasteiger partial charge in [0.05, 0.1) is 18.5 Å². The van der Waals surface area contributed by atoms with Gasteiger partial charge >= 0.3 is 5.97 Å². The molecule has 0 aliphatic rings. The average molecular weight is 368 g/mol. The number of ketones is 1. The second kappa shape index (κ2) is 7.14. The maximum absolute atomic E-state index is 12.9. The Morgan fingerprint density at radius 3 is 2.67 bits per heavy atom. The third-order valence-electron chi connectivity index (χ3n) is 4.49. The third kappa shape index (κ3) is 3.14. The van der Waals surface area contributed by atoms with Crippen LogP contribution in [-0.2, 0) is 14.3 Å². The van der Waals surface area contributed by atoms with Gasteiger partial charge in [-0.25, -0.2) is 14.5 Å². The summed E-state index contributed by atoms with van der Waals surface area (Å²) < 4.78 is 7.50. The van der Waals surface area contributed by atoms with Crippen molar-refractivity contribution in [2.75, 3.05) is 6.61 Å². The summed E-state index contributed by atoms with van der Waals surface area (Å²) in [5.41, 5.74) is 2.74. The van der Waals surface area contributed by atoms with E-state index in [1.165, 1.54) is 19.4 Å². The van der Waals surface area contributed by atoms with Crippen LogP contribution in [0, 0.1) is 13.8 Å². The van der Waals surface area contributed by atoms with Gasteiger partial charge in [-0.1, -0.05) is 12.1 Å². The van der Waals surface area contributed by atoms with Gasteiger partial charge in [-0.3, -0.25) is 14.2 Å². The molecule has 3 aromatic rings. The van der Waals surface area contributed by atoms with E-state index in [2.05, 4.69) is 10.1 Å². The molecule has 8 nitrogen and oxygen atoms in total. The Labute approximate surface area is 155 Å². The maximum Gasteiger partial charge on any atom is 0.337 e. The minimum Gasteiger partial charge on any atom is -0.464 e. The minimum absolute atomic E-state index is 0.109. The summed E-state index contributed by atoms with van der Waals surface area (Å²) in [5.74, 6) is -1.28. The van der Waals surface area contributed by atoms with Crippen molar-refractivity contribution in [3.05, 3.63) is 52.2 Å². The first kappa shape index (κ1) is 18.5. The van der Waals surface area contributed by atoms with E-state index in [9.17, 15) is 14.4 Å². The zero-order chi connectivity index (χ0) is 19.7. The van der Waals surface area contributed by atoms with Crippen molar-refractivity contribution >= 4 is 22.8 Å². The van der Waals surface area contributed by atoms with Gasteiger partial charge in [-0.2, -0.15) is 5.10 Å². The highest BCUT2D eigenvalue weighted by atomic mass is 16.5. The van der Waals surface area contributed by atoms with Gasteiger partial charge in [0, 0.05) is 0 Å². The number of Topliss-reactive ketones (excluding diaryl/α,β-unsaturated/α-hetero) is 1. The summed E-state index contributed by atoms with van der Waals surface area (Å²) in [6.07, 6.45) is 2.59. The van der Waals surface area contributed by atoms with Crippen molar-refractivity contribution in [3.63, 3.8) is 0 Å². The Hall–Kier alpha value is -3.29. The first-order valence-corrected chi connectivity index (χ1v) is 8.55. The number of nitrogens with zero attached hydrogens (tertiary/aromatic N) is 4. The number of carbonyl (C=O) groups is 2. The van der Waals surface area contributed by atoms with E-state index in [0.29, 0.717) is 5.65 Å². The molecule has 2 heterocycles. The Morgan fingerprint density at radius 1 is 1.26 bits per heavy atom. The van der Waals surface area contributed by atoms with Gasteiger partial charge in [0.1, 0.15) is 11.7 Å². The second-order valence-corrected chi connectivity index (χ2v) is 6.23. The molecule has 140 valence electrons. The predicted octanol–water partition coefficient (Wildman–Crippen LogP) is 1.89. The smallest absolute Gasteiger partial charge is 0.337 e. The molecule has 3 rings (SSSR count). The van der Waals surface area contributed by atoms with Crippen LogP contribution in [0.25, 0.3) is 16.7 Å². The molecule has 0 fully saturated rings. The predicted molar refractivity (Wildman–Crippen MR) is 99.0 cm³/mol. The number of hydrogen-bond acceptors (Lipinski definition) is 6. The van der Waals surface area contributed by atoms with E-state index in [4.69, 9.17) is 4.74 Å². The van der Waals surface area contributed by atoms with Crippen LogP contribution >= 0.6 is 0 Å². The second-order valence-electron chi connectivity index (χ2n) is 6.23. The van der Waals surface area contributed by atoms with Gasteiger partial charge in [0.25, 0.3) is 5.56 Å². The number of rotatable bonds is 5. The van der Waals surface area contributed by atoms with Crippen molar-refractivity contribution < 1.29 is 14.3 Å². The van der Waals surface area contributed by atoms with E-state index in [1.807, 2.05) is 32.0 Å². The molecule has 0 aliphatic carbocycles. The van der Waals surface area contributed by atoms with Crippen LogP contribution in [0.1, 0.15) is 31.0 Å². The molecule has 0 unspecified atom stereocenters. The molecule has 0 spiro atoms. The molecule has 1 atom stereocenters. The van der Waals surface area contributed by atoms with E-state index in [1.54, 1.807) is 11.6 Å². The van der Waals surface area contributed by atoms with Crippen molar-refractivity contribution in [1.29, 1.82) is 0 Å². The van der Waals surface area contributed by atoms with Gasteiger partial charge in [-0.05, 0) is 44.9 Å². The molecule has 0 N–H and O–H groups in total. The summed E-state index contributed by atoms with van der Waals surface area (Å²) in [7, 11) is 0. The summed E-state index contributed by atoms with van der Waals surface area (Å²) in [5, 5.41) is 4.51. The van der Waals surface area contributed by atoms with Crippen molar-refractivity contribution in [1.82, 2.24) is 19.3 Å². The largest absolute Gasteiger partial charge is 0.464 e. The highest BCUT2D eigenvalue weighted by Gasteiger charge is 2.29. The van der Waals surface area contributed by atoms with E-state index in [0.717, 1.165) is 21.4 Å². The van der Waals surface area contributed by atoms with Crippen LogP contribution in [0.3, 0.4) is 0 Å². The molecule has 8 heteroatoms. The van der Waals surface area contributed by atoms with E-state index in [-0.39, 0.29) is 12.0 Å². The quantitative estimate of drug-likeness (QED) is 0.504. The molecule has 0 saturated carbocycles. The van der Waals surface area contributed by atoms with Gasteiger partial charge < -0.3 is 4.74 Å². The van der Waals surface area contributed by atoms with Gasteiger partial charge in [0.15, 0.2) is 17.5 Å². The van der Waals surface area contributed by atoms with Gasteiger partial charge in [-0.15, -0.1) is 0 Å². The Bertz CT molecular complexity index is 1100. The third-order valence-corrected chi connectivity index (χ3v) is 4.49. The topological polar surface area (TPSA) is 96.1 Å². The Kier molecular flexibility index (Phi) is 4.89. The summed E-state index contributed by atoms with van der Waals surface area (Å²) in [4.78, 5) is 41.3. The fourth-order valence-electron chi connectivity index (χ4n) is 2.95. The molecule has 1 aromatic carbocycles. The standard InChI is InChI=1S/C19H20N4O4/c1-5-27-19(26)16(13(4)24)22-10-20-17-14(18(22)25)9-21-23(17)15-8-6-7-11(2)12(15)3/h6-10,16H,5H2,1-4H3/t16-/m1/s1. The number of carbonyl (C=O) groups excluding carboxylic acids is 2. The number of aromatic nitrogens is 4. The molecule has 0 radical (unpaired) electrons. The lowest BCUT2D eigenvalue weighted by atomic mass is 10.1. The summed E-state index contributed by atoms with van der Waals surface area (Å²) in [6, 6.07) is 4.41. The molecular formula is C19H20N4O4. The first-order valence-electron chi connectivity index (χ1n) is 8.55. The number of fused-ring (bicyclic) bond motifs is 1. The minimum atomic E-state index is -1.36. The first-order chi connectivity index (χ1) is 12.9. The fraction of sp³-hybridized carbons (Fsp3) is 0.316. The lowest BCUT2D eigenvalue weighted by molar-refractivity contribution is -0.150. The lowest BCUT2D eigenvalue weighted by Crippen LogP contribution is -2.35. The number of aryl methyl sites for hydroxylation is 1. The molecule has 0 bridgehead atoms. The molecule has 0 aliphatic heterocycles. The van der Waals surface area contributed by atoms with Crippen LogP contribution in [-0.4, -0.2) is 37.7 Å². The molecule has 0 amide bonds. The van der Waals surface area contributed by atoms with Crippen LogP contribution in [0.15, 0.2) is 35.5 Å². The highest BCUT2D eigenvalue weighted by molar-refractivity contribution is 6.00. The normalized spacial score (nSPS) is 12.1. The number of benzene rings is 1. The van der Waals surface area contributed by atoms with Crippen LogP contribution in [0.4, 0.5) is 0 Å². The van der Waals surface area contributed by atoms with E-state index >= 15 is 0 Å². The number of hydrogen-bond donors (Lipinski definition) is 0. The average Bonchev–Trinajstić information content (AvgIpc) is 3.04. The van der Waals surface area contributed by atoms with Crippen molar-refractivity contribution in [2.45, 2.75) is 33.7 Å². The molecule has 0 saturated heterocycles. The zero-order valence-corrected chi connectivity index (χ0v) is 15.6.